The van der Waals surface area contributed by atoms with Gasteiger partial charge in [-0.1, -0.05) is 0 Å². The van der Waals surface area contributed by atoms with E-state index in [9.17, 15) is 0 Å². The van der Waals surface area contributed by atoms with Crippen molar-refractivity contribution in [2.75, 3.05) is 26.8 Å². The second-order valence-corrected chi connectivity index (χ2v) is 3.38. The molecule has 0 aliphatic heterocycles. The highest BCUT2D eigenvalue weighted by Crippen LogP contribution is 1.83. The van der Waals surface area contributed by atoms with E-state index in [4.69, 9.17) is 17.0 Å². The fourth-order valence-electron chi connectivity index (χ4n) is 1.05. The Balaban J connectivity index is 2.02. The fourth-order valence-corrected chi connectivity index (χ4v) is 1.25. The molecule has 1 rings (SSSR count). The van der Waals surface area contributed by atoms with Gasteiger partial charge in [-0.05, 0) is 12.2 Å². The van der Waals surface area contributed by atoms with Gasteiger partial charge in [0, 0.05) is 39.1 Å². The Hall–Kier alpha value is -1.14. The molecular weight excluding hydrogens is 212 g/mol. The highest BCUT2D eigenvalue weighted by molar-refractivity contribution is 7.80. The molecule has 6 heteroatoms. The molecule has 0 saturated carbocycles. The van der Waals surface area contributed by atoms with Crippen LogP contribution in [-0.4, -0.2) is 41.5 Å². The number of imidazole rings is 1. The van der Waals surface area contributed by atoms with E-state index in [0.717, 1.165) is 19.6 Å². The van der Waals surface area contributed by atoms with Crippen molar-refractivity contribution in [1.29, 1.82) is 0 Å². The average molecular weight is 228 g/mol. The van der Waals surface area contributed by atoms with E-state index in [1.807, 2.05) is 10.8 Å². The number of hydrogen-bond acceptors (Lipinski definition) is 3. The monoisotopic (exact) mass is 228 g/mol. The van der Waals surface area contributed by atoms with Crippen LogP contribution in [0.2, 0.25) is 0 Å². The van der Waals surface area contributed by atoms with E-state index in [0.29, 0.717) is 11.7 Å². The van der Waals surface area contributed by atoms with Gasteiger partial charge < -0.3 is 19.9 Å². The van der Waals surface area contributed by atoms with Crippen molar-refractivity contribution in [3.8, 4) is 0 Å². The van der Waals surface area contributed by atoms with Crippen molar-refractivity contribution in [3.05, 3.63) is 18.7 Å². The van der Waals surface area contributed by atoms with Crippen molar-refractivity contribution in [3.63, 3.8) is 0 Å². The quantitative estimate of drug-likeness (QED) is 0.530. The molecule has 2 N–H and O–H groups in total. The molecule has 0 spiro atoms. The van der Waals surface area contributed by atoms with Crippen LogP contribution in [-0.2, 0) is 11.3 Å². The van der Waals surface area contributed by atoms with Gasteiger partial charge in [0.05, 0.1) is 12.9 Å². The normalized spacial score (nSPS) is 9.93. The molecule has 0 saturated heterocycles. The summed E-state index contributed by atoms with van der Waals surface area (Å²) in [4.78, 5) is 3.95. The SMILES string of the molecule is COCCNC(=S)NCCn1ccnc1. The lowest BCUT2D eigenvalue weighted by Gasteiger charge is -2.09. The number of nitrogens with one attached hydrogen (secondary N) is 2. The third-order valence-electron chi connectivity index (χ3n) is 1.81. The smallest absolute Gasteiger partial charge is 0.166 e. The van der Waals surface area contributed by atoms with E-state index in [-0.39, 0.29) is 0 Å². The number of hydrogen-bond donors (Lipinski definition) is 2. The molecule has 5 nitrogen and oxygen atoms in total. The van der Waals surface area contributed by atoms with E-state index >= 15 is 0 Å². The van der Waals surface area contributed by atoms with Crippen LogP contribution in [0.25, 0.3) is 0 Å². The number of thiocarbonyl (C=S) groups is 1. The Morgan fingerprint density at radius 2 is 2.27 bits per heavy atom. The van der Waals surface area contributed by atoms with Crippen molar-refractivity contribution in [2.24, 2.45) is 0 Å². The van der Waals surface area contributed by atoms with Gasteiger partial charge in [-0.3, -0.25) is 0 Å². The summed E-state index contributed by atoms with van der Waals surface area (Å²) < 4.78 is 6.88. The molecule has 84 valence electrons. The van der Waals surface area contributed by atoms with E-state index < -0.39 is 0 Å². The van der Waals surface area contributed by atoms with Crippen molar-refractivity contribution in [2.45, 2.75) is 6.54 Å². The average Bonchev–Trinajstić information content (AvgIpc) is 2.71. The Labute approximate surface area is 94.8 Å². The molecule has 1 heterocycles. The van der Waals surface area contributed by atoms with Gasteiger partial charge in [0.15, 0.2) is 5.11 Å². The predicted molar refractivity (Wildman–Crippen MR) is 62.7 cm³/mol. The zero-order valence-corrected chi connectivity index (χ0v) is 9.59. The second-order valence-electron chi connectivity index (χ2n) is 2.98. The van der Waals surface area contributed by atoms with Gasteiger partial charge >= 0.3 is 0 Å². The third-order valence-corrected chi connectivity index (χ3v) is 2.10. The number of nitrogens with zero attached hydrogens (tertiary/aromatic N) is 2. The van der Waals surface area contributed by atoms with Crippen LogP contribution in [0, 0.1) is 0 Å². The Morgan fingerprint density at radius 3 is 2.93 bits per heavy atom. The summed E-state index contributed by atoms with van der Waals surface area (Å²) in [6, 6.07) is 0. The summed E-state index contributed by atoms with van der Waals surface area (Å²) in [6.45, 7) is 3.03. The lowest BCUT2D eigenvalue weighted by molar-refractivity contribution is 0.204. The molecule has 0 aromatic carbocycles. The van der Waals surface area contributed by atoms with Crippen LogP contribution in [0.4, 0.5) is 0 Å². The molecule has 0 aliphatic rings. The molecule has 0 atom stereocenters. The first-order valence-electron chi connectivity index (χ1n) is 4.79. The number of ether oxygens (including phenoxy) is 1. The van der Waals surface area contributed by atoms with Crippen molar-refractivity contribution < 1.29 is 4.74 Å². The van der Waals surface area contributed by atoms with Crippen LogP contribution in [0.5, 0.6) is 0 Å². The van der Waals surface area contributed by atoms with Gasteiger partial charge in [-0.2, -0.15) is 0 Å². The molecule has 0 unspecified atom stereocenters. The van der Waals surface area contributed by atoms with Crippen molar-refractivity contribution in [1.82, 2.24) is 20.2 Å². The summed E-state index contributed by atoms with van der Waals surface area (Å²) in [7, 11) is 1.66. The lowest BCUT2D eigenvalue weighted by atomic mass is 10.6. The van der Waals surface area contributed by atoms with Gasteiger partial charge in [-0.25, -0.2) is 4.98 Å². The number of methoxy groups -OCH3 is 1. The van der Waals surface area contributed by atoms with Crippen LogP contribution < -0.4 is 10.6 Å². The van der Waals surface area contributed by atoms with Crippen molar-refractivity contribution >= 4 is 17.3 Å². The van der Waals surface area contributed by atoms with Crippen LogP contribution in [0.15, 0.2) is 18.7 Å². The Bertz CT molecular complexity index is 276. The van der Waals surface area contributed by atoms with E-state index in [2.05, 4.69) is 15.6 Å². The Kier molecular flexibility index (Phi) is 5.72. The molecule has 0 bridgehead atoms. The molecule has 0 amide bonds. The maximum Gasteiger partial charge on any atom is 0.166 e. The fraction of sp³-hybridized carbons (Fsp3) is 0.556. The molecule has 0 radical (unpaired) electrons. The van der Waals surface area contributed by atoms with Crippen LogP contribution in [0.3, 0.4) is 0 Å². The maximum atomic E-state index is 5.06. The molecule has 0 aliphatic carbocycles. The maximum absolute atomic E-state index is 5.06. The topological polar surface area (TPSA) is 51.1 Å². The lowest BCUT2D eigenvalue weighted by Crippen LogP contribution is -2.38. The van der Waals surface area contributed by atoms with Gasteiger partial charge in [0.25, 0.3) is 0 Å². The standard InChI is InChI=1S/C9H16N4OS/c1-14-7-4-12-9(15)11-3-6-13-5-2-10-8-13/h2,5,8H,3-4,6-7H2,1H3,(H2,11,12,15). The first-order valence-corrected chi connectivity index (χ1v) is 5.20. The number of rotatable bonds is 6. The van der Waals surface area contributed by atoms with Gasteiger partial charge in [0.1, 0.15) is 0 Å². The Morgan fingerprint density at radius 1 is 1.47 bits per heavy atom. The first kappa shape index (κ1) is 11.9. The highest BCUT2D eigenvalue weighted by Gasteiger charge is 1.94. The van der Waals surface area contributed by atoms with Crippen LogP contribution in [0.1, 0.15) is 0 Å². The molecule has 0 fully saturated rings. The minimum absolute atomic E-state index is 0.656. The summed E-state index contributed by atoms with van der Waals surface area (Å²) >= 11 is 5.06. The zero-order valence-electron chi connectivity index (χ0n) is 8.77. The molecule has 15 heavy (non-hydrogen) atoms. The molecule has 1 aromatic heterocycles. The van der Waals surface area contributed by atoms with Gasteiger partial charge in [-0.15, -0.1) is 0 Å². The summed E-state index contributed by atoms with van der Waals surface area (Å²) in [5, 5.41) is 6.79. The largest absolute Gasteiger partial charge is 0.383 e. The predicted octanol–water partition coefficient (Wildman–Crippen LogP) is -0.00640. The minimum atomic E-state index is 0.656. The van der Waals surface area contributed by atoms with E-state index in [1.54, 1.807) is 19.6 Å². The summed E-state index contributed by atoms with van der Waals surface area (Å²) in [5.74, 6) is 0. The summed E-state index contributed by atoms with van der Waals surface area (Å²) in [5.41, 5.74) is 0. The first-order chi connectivity index (χ1) is 7.33. The minimum Gasteiger partial charge on any atom is -0.383 e. The zero-order chi connectivity index (χ0) is 10.9. The molecular formula is C9H16N4OS. The van der Waals surface area contributed by atoms with E-state index in [1.165, 1.54) is 0 Å². The second kappa shape index (κ2) is 7.19. The highest BCUT2D eigenvalue weighted by atomic mass is 32.1. The van der Waals surface area contributed by atoms with Gasteiger partial charge in [0.2, 0.25) is 0 Å². The summed E-state index contributed by atoms with van der Waals surface area (Å²) in [6.07, 6.45) is 5.46. The third kappa shape index (κ3) is 5.34. The number of aromatic nitrogens is 2. The molecule has 1 aromatic rings. The van der Waals surface area contributed by atoms with Crippen LogP contribution >= 0.6 is 12.2 Å².